The lowest BCUT2D eigenvalue weighted by Crippen LogP contribution is -2.27. The summed E-state index contributed by atoms with van der Waals surface area (Å²) in [5, 5.41) is -0.623. The van der Waals surface area contributed by atoms with Crippen molar-refractivity contribution in [1.82, 2.24) is 0 Å². The molecular formula is C12H22O4S. The minimum Gasteiger partial charge on any atom is -0.466 e. The summed E-state index contributed by atoms with van der Waals surface area (Å²) in [5.74, 6) is 0.104. The highest BCUT2D eigenvalue weighted by Crippen LogP contribution is 2.27. The molecule has 100 valence electrons. The van der Waals surface area contributed by atoms with Crippen molar-refractivity contribution in [3.63, 3.8) is 0 Å². The summed E-state index contributed by atoms with van der Waals surface area (Å²) >= 11 is 0. The standard InChI is InChI=1S/C12H22O4S/c1-3-16-12(13)8-10(2)17(14,15)9-11-6-4-5-7-11/h10-11H,3-9H2,1-2H3. The van der Waals surface area contributed by atoms with Crippen molar-refractivity contribution >= 4 is 15.8 Å². The van der Waals surface area contributed by atoms with Gasteiger partial charge in [0.2, 0.25) is 0 Å². The number of sulfone groups is 1. The van der Waals surface area contributed by atoms with Gasteiger partial charge in [0, 0.05) is 0 Å². The number of hydrogen-bond donors (Lipinski definition) is 0. The summed E-state index contributed by atoms with van der Waals surface area (Å²) in [6.07, 6.45) is 4.25. The van der Waals surface area contributed by atoms with Crippen molar-refractivity contribution in [2.24, 2.45) is 5.92 Å². The minimum atomic E-state index is -3.16. The van der Waals surface area contributed by atoms with Crippen LogP contribution in [0, 0.1) is 5.92 Å². The molecule has 0 aromatic heterocycles. The molecule has 0 saturated heterocycles. The van der Waals surface area contributed by atoms with Gasteiger partial charge in [-0.2, -0.15) is 0 Å². The number of hydrogen-bond acceptors (Lipinski definition) is 4. The molecule has 1 aliphatic rings. The molecule has 1 rings (SSSR count). The van der Waals surface area contributed by atoms with Gasteiger partial charge in [0.25, 0.3) is 0 Å². The average molecular weight is 262 g/mol. The van der Waals surface area contributed by atoms with Gasteiger partial charge in [-0.25, -0.2) is 8.42 Å². The van der Waals surface area contributed by atoms with Crippen molar-refractivity contribution in [1.29, 1.82) is 0 Å². The van der Waals surface area contributed by atoms with Crippen LogP contribution in [-0.2, 0) is 19.4 Å². The second-order valence-corrected chi connectivity index (χ2v) is 7.26. The maximum Gasteiger partial charge on any atom is 0.307 e. The van der Waals surface area contributed by atoms with E-state index in [0.29, 0.717) is 12.5 Å². The van der Waals surface area contributed by atoms with E-state index in [1.807, 2.05) is 0 Å². The Balaban J connectivity index is 2.47. The zero-order valence-corrected chi connectivity index (χ0v) is 11.5. The smallest absolute Gasteiger partial charge is 0.307 e. The largest absolute Gasteiger partial charge is 0.466 e. The van der Waals surface area contributed by atoms with E-state index in [2.05, 4.69) is 0 Å². The first kappa shape index (κ1) is 14.5. The molecule has 17 heavy (non-hydrogen) atoms. The highest BCUT2D eigenvalue weighted by Gasteiger charge is 2.28. The Morgan fingerprint density at radius 2 is 1.94 bits per heavy atom. The predicted molar refractivity (Wildman–Crippen MR) is 66.5 cm³/mol. The van der Waals surface area contributed by atoms with Gasteiger partial charge in [-0.15, -0.1) is 0 Å². The Kier molecular flexibility index (Phi) is 5.43. The van der Waals surface area contributed by atoms with Gasteiger partial charge in [-0.3, -0.25) is 4.79 Å². The molecule has 0 bridgehead atoms. The molecule has 1 atom stereocenters. The highest BCUT2D eigenvalue weighted by molar-refractivity contribution is 7.92. The maximum absolute atomic E-state index is 12.0. The molecule has 0 aromatic rings. The fourth-order valence-corrected chi connectivity index (χ4v) is 3.96. The van der Waals surface area contributed by atoms with E-state index < -0.39 is 21.1 Å². The lowest BCUT2D eigenvalue weighted by molar-refractivity contribution is -0.143. The van der Waals surface area contributed by atoms with Crippen LogP contribution in [0.5, 0.6) is 0 Å². The van der Waals surface area contributed by atoms with E-state index in [9.17, 15) is 13.2 Å². The van der Waals surface area contributed by atoms with Crippen LogP contribution in [0.2, 0.25) is 0 Å². The molecule has 0 aliphatic heterocycles. The first-order valence-electron chi connectivity index (χ1n) is 6.33. The summed E-state index contributed by atoms with van der Waals surface area (Å²) in [5.41, 5.74) is 0. The molecule has 1 aliphatic carbocycles. The fourth-order valence-electron chi connectivity index (χ4n) is 2.25. The summed E-state index contributed by atoms with van der Waals surface area (Å²) in [6, 6.07) is 0. The van der Waals surface area contributed by atoms with Crippen LogP contribution < -0.4 is 0 Å². The molecule has 1 fully saturated rings. The molecule has 4 nitrogen and oxygen atoms in total. The predicted octanol–water partition coefficient (Wildman–Crippen LogP) is 1.93. The van der Waals surface area contributed by atoms with Crippen LogP contribution in [0.25, 0.3) is 0 Å². The van der Waals surface area contributed by atoms with Crippen molar-refractivity contribution in [3.8, 4) is 0 Å². The third-order valence-corrected chi connectivity index (χ3v) is 5.64. The Morgan fingerprint density at radius 3 is 2.47 bits per heavy atom. The van der Waals surface area contributed by atoms with Gasteiger partial charge >= 0.3 is 5.97 Å². The van der Waals surface area contributed by atoms with Crippen LogP contribution in [0.4, 0.5) is 0 Å². The van der Waals surface area contributed by atoms with Crippen LogP contribution >= 0.6 is 0 Å². The highest BCUT2D eigenvalue weighted by atomic mass is 32.2. The first-order chi connectivity index (χ1) is 7.95. The maximum atomic E-state index is 12.0. The fraction of sp³-hybridized carbons (Fsp3) is 0.917. The van der Waals surface area contributed by atoms with E-state index in [-0.39, 0.29) is 12.2 Å². The Hall–Kier alpha value is -0.580. The Morgan fingerprint density at radius 1 is 1.35 bits per heavy atom. The van der Waals surface area contributed by atoms with Gasteiger partial charge in [0.15, 0.2) is 9.84 Å². The Labute approximate surface area is 104 Å². The molecule has 1 unspecified atom stereocenters. The van der Waals surface area contributed by atoms with Crippen molar-refractivity contribution < 1.29 is 17.9 Å². The lowest BCUT2D eigenvalue weighted by atomic mass is 10.1. The monoisotopic (exact) mass is 262 g/mol. The van der Waals surface area contributed by atoms with Crippen LogP contribution in [-0.4, -0.2) is 32.0 Å². The molecule has 0 spiro atoms. The van der Waals surface area contributed by atoms with Crippen LogP contribution in [0.3, 0.4) is 0 Å². The molecule has 5 heteroatoms. The van der Waals surface area contributed by atoms with Crippen molar-refractivity contribution in [2.75, 3.05) is 12.4 Å². The van der Waals surface area contributed by atoms with Crippen LogP contribution in [0.1, 0.15) is 46.0 Å². The second-order valence-electron chi connectivity index (χ2n) is 4.80. The SMILES string of the molecule is CCOC(=O)CC(C)S(=O)(=O)CC1CCCC1. The summed E-state index contributed by atoms with van der Waals surface area (Å²) in [4.78, 5) is 11.3. The van der Waals surface area contributed by atoms with E-state index in [1.54, 1.807) is 13.8 Å². The average Bonchev–Trinajstić information content (AvgIpc) is 2.69. The normalized spacial score (nSPS) is 19.2. The summed E-state index contributed by atoms with van der Waals surface area (Å²) in [6.45, 7) is 3.62. The number of esters is 1. The lowest BCUT2D eigenvalue weighted by Gasteiger charge is -2.15. The summed E-state index contributed by atoms with van der Waals surface area (Å²) in [7, 11) is -3.16. The van der Waals surface area contributed by atoms with Crippen LogP contribution in [0.15, 0.2) is 0 Å². The number of carbonyl (C=O) groups is 1. The van der Waals surface area contributed by atoms with E-state index in [1.165, 1.54) is 0 Å². The van der Waals surface area contributed by atoms with Gasteiger partial charge < -0.3 is 4.74 Å². The first-order valence-corrected chi connectivity index (χ1v) is 8.04. The molecule has 0 amide bonds. The zero-order valence-electron chi connectivity index (χ0n) is 10.6. The third-order valence-electron chi connectivity index (χ3n) is 3.32. The molecule has 0 aromatic carbocycles. The van der Waals surface area contributed by atoms with Crippen molar-refractivity contribution in [3.05, 3.63) is 0 Å². The number of carbonyl (C=O) groups excluding carboxylic acids is 1. The molecule has 0 heterocycles. The third kappa shape index (κ3) is 4.66. The quantitative estimate of drug-likeness (QED) is 0.686. The molecule has 0 N–H and O–H groups in total. The molecule has 1 saturated carbocycles. The zero-order chi connectivity index (χ0) is 12.9. The summed E-state index contributed by atoms with van der Waals surface area (Å²) < 4.78 is 28.8. The van der Waals surface area contributed by atoms with Gasteiger partial charge in [-0.1, -0.05) is 12.8 Å². The van der Waals surface area contributed by atoms with E-state index >= 15 is 0 Å². The second kappa shape index (κ2) is 6.38. The topological polar surface area (TPSA) is 60.4 Å². The number of ether oxygens (including phenoxy) is 1. The Bertz CT molecular complexity index is 342. The number of rotatable bonds is 6. The van der Waals surface area contributed by atoms with E-state index in [4.69, 9.17) is 4.74 Å². The molecule has 0 radical (unpaired) electrons. The van der Waals surface area contributed by atoms with Crippen molar-refractivity contribution in [2.45, 2.75) is 51.2 Å². The molecular weight excluding hydrogens is 240 g/mol. The van der Waals surface area contributed by atoms with Gasteiger partial charge in [-0.05, 0) is 32.6 Å². The minimum absolute atomic E-state index is 0.0249. The van der Waals surface area contributed by atoms with E-state index in [0.717, 1.165) is 25.7 Å². The van der Waals surface area contributed by atoms with Gasteiger partial charge in [0.05, 0.1) is 24.0 Å². The van der Waals surface area contributed by atoms with Gasteiger partial charge in [0.1, 0.15) is 0 Å².